The molecule has 0 amide bonds. The number of rotatable bonds is 3. The van der Waals surface area contributed by atoms with Crippen molar-refractivity contribution < 1.29 is 17.6 Å². The van der Waals surface area contributed by atoms with Gasteiger partial charge >= 0.3 is 12.2 Å². The third kappa shape index (κ3) is 3.24. The van der Waals surface area contributed by atoms with Crippen molar-refractivity contribution in [2.45, 2.75) is 12.7 Å². The Morgan fingerprint density at radius 3 is 2.63 bits per heavy atom. The molecule has 0 aliphatic heterocycles. The van der Waals surface area contributed by atoms with Gasteiger partial charge in [0.2, 0.25) is 5.89 Å². The summed E-state index contributed by atoms with van der Waals surface area (Å²) >= 11 is 2.99. The fourth-order valence-corrected chi connectivity index (χ4v) is 1.72. The van der Waals surface area contributed by atoms with Crippen molar-refractivity contribution in [1.29, 1.82) is 0 Å². The van der Waals surface area contributed by atoms with Crippen LogP contribution in [0, 0.1) is 0 Å². The molecule has 0 bridgehead atoms. The zero-order chi connectivity index (χ0) is 14.0. The first kappa shape index (κ1) is 13.8. The minimum absolute atomic E-state index is 0.0150. The number of benzene rings is 1. The van der Waals surface area contributed by atoms with E-state index in [0.29, 0.717) is 4.47 Å². The van der Waals surface area contributed by atoms with E-state index in [2.05, 4.69) is 31.4 Å². The Morgan fingerprint density at radius 1 is 1.32 bits per heavy atom. The molecule has 0 saturated carbocycles. The summed E-state index contributed by atoms with van der Waals surface area (Å²) in [5.74, 6) is 0.133. The van der Waals surface area contributed by atoms with Crippen LogP contribution in [0.15, 0.2) is 27.1 Å². The first-order chi connectivity index (χ1) is 8.90. The van der Waals surface area contributed by atoms with Gasteiger partial charge in [-0.25, -0.2) is 0 Å². The van der Waals surface area contributed by atoms with Gasteiger partial charge in [-0.05, 0) is 18.2 Å². The third-order valence-electron chi connectivity index (χ3n) is 2.17. The molecular weight excluding hydrogens is 329 g/mol. The number of alkyl halides is 3. The van der Waals surface area contributed by atoms with Crippen molar-refractivity contribution in [1.82, 2.24) is 10.2 Å². The average molecular weight is 337 g/mol. The highest BCUT2D eigenvalue weighted by Crippen LogP contribution is 2.37. The van der Waals surface area contributed by atoms with Crippen LogP contribution in [0.4, 0.5) is 24.9 Å². The summed E-state index contributed by atoms with van der Waals surface area (Å²) in [6.07, 6.45) is -4.50. The Labute approximate surface area is 114 Å². The summed E-state index contributed by atoms with van der Waals surface area (Å²) in [6, 6.07) is 3.55. The van der Waals surface area contributed by atoms with Crippen molar-refractivity contribution in [3.8, 4) is 0 Å². The van der Waals surface area contributed by atoms with Gasteiger partial charge in [-0.3, -0.25) is 0 Å². The van der Waals surface area contributed by atoms with Crippen molar-refractivity contribution in [2.75, 3.05) is 5.32 Å². The van der Waals surface area contributed by atoms with Crippen LogP contribution in [0.3, 0.4) is 0 Å². The van der Waals surface area contributed by atoms with E-state index in [9.17, 15) is 13.2 Å². The van der Waals surface area contributed by atoms with E-state index in [1.165, 1.54) is 12.1 Å². The van der Waals surface area contributed by atoms with E-state index < -0.39 is 11.7 Å². The normalized spacial score (nSPS) is 11.6. The Hall–Kier alpha value is -1.61. The average Bonchev–Trinajstić information content (AvgIpc) is 2.78. The zero-order valence-electron chi connectivity index (χ0n) is 9.33. The van der Waals surface area contributed by atoms with E-state index in [-0.39, 0.29) is 24.1 Å². The van der Waals surface area contributed by atoms with Crippen molar-refractivity contribution in [3.05, 3.63) is 34.1 Å². The Morgan fingerprint density at radius 2 is 2.05 bits per heavy atom. The molecule has 1 aromatic heterocycles. The number of nitrogens with one attached hydrogen (secondary N) is 1. The zero-order valence-corrected chi connectivity index (χ0v) is 10.9. The molecule has 2 rings (SSSR count). The largest absolute Gasteiger partial charge is 0.418 e. The first-order valence-electron chi connectivity index (χ1n) is 5.06. The predicted octanol–water partition coefficient (Wildman–Crippen LogP) is 3.05. The number of anilines is 2. The smallest absolute Gasteiger partial charge is 0.406 e. The highest BCUT2D eigenvalue weighted by atomic mass is 79.9. The fourth-order valence-electron chi connectivity index (χ4n) is 1.36. The van der Waals surface area contributed by atoms with Crippen LogP contribution in [0.5, 0.6) is 0 Å². The Bertz CT molecular complexity index is 584. The lowest BCUT2D eigenvalue weighted by Gasteiger charge is -2.12. The standard InChI is InChI=1S/C10H8BrF3N4O/c11-5-1-2-7(6(3-5)10(12,13)14)16-9-18-17-8(4-15)19-9/h1-3H,4,15H2,(H,16,18). The summed E-state index contributed by atoms with van der Waals surface area (Å²) in [6.45, 7) is 0.0150. The van der Waals surface area contributed by atoms with Crippen LogP contribution in [-0.4, -0.2) is 10.2 Å². The molecule has 0 unspecified atom stereocenters. The number of nitrogens with two attached hydrogens (primary N) is 1. The molecule has 5 nitrogen and oxygen atoms in total. The number of nitrogens with zero attached hydrogens (tertiary/aromatic N) is 2. The van der Waals surface area contributed by atoms with E-state index >= 15 is 0 Å². The molecule has 0 fully saturated rings. The maximum atomic E-state index is 12.9. The highest BCUT2D eigenvalue weighted by Gasteiger charge is 2.34. The van der Waals surface area contributed by atoms with Gasteiger partial charge in [-0.1, -0.05) is 21.0 Å². The molecule has 102 valence electrons. The van der Waals surface area contributed by atoms with Crippen molar-refractivity contribution >= 4 is 27.6 Å². The summed E-state index contributed by atoms with van der Waals surface area (Å²) in [4.78, 5) is 0. The molecule has 0 spiro atoms. The summed E-state index contributed by atoms with van der Waals surface area (Å²) in [5.41, 5.74) is 4.25. The Balaban J connectivity index is 2.34. The molecule has 0 aliphatic carbocycles. The lowest BCUT2D eigenvalue weighted by molar-refractivity contribution is -0.137. The van der Waals surface area contributed by atoms with Gasteiger partial charge in [-0.15, -0.1) is 5.10 Å². The van der Waals surface area contributed by atoms with E-state index in [4.69, 9.17) is 10.2 Å². The summed E-state index contributed by atoms with van der Waals surface area (Å²) in [7, 11) is 0. The highest BCUT2D eigenvalue weighted by molar-refractivity contribution is 9.10. The van der Waals surface area contributed by atoms with Crippen LogP contribution in [0.1, 0.15) is 11.5 Å². The number of hydrogen-bond acceptors (Lipinski definition) is 5. The third-order valence-corrected chi connectivity index (χ3v) is 2.66. The molecule has 2 aromatic rings. The Kier molecular flexibility index (Phi) is 3.76. The molecule has 9 heteroatoms. The van der Waals surface area contributed by atoms with Gasteiger partial charge in [-0.2, -0.15) is 13.2 Å². The van der Waals surface area contributed by atoms with Crippen LogP contribution in [0.2, 0.25) is 0 Å². The van der Waals surface area contributed by atoms with Gasteiger partial charge in [0.1, 0.15) is 0 Å². The summed E-state index contributed by atoms with van der Waals surface area (Å²) in [5, 5.41) is 9.51. The fraction of sp³-hybridized carbons (Fsp3) is 0.200. The summed E-state index contributed by atoms with van der Waals surface area (Å²) < 4.78 is 43.9. The minimum atomic E-state index is -4.50. The van der Waals surface area contributed by atoms with Gasteiger partial charge in [0.05, 0.1) is 17.8 Å². The number of halogens is 4. The molecule has 1 heterocycles. The van der Waals surface area contributed by atoms with E-state index in [1.54, 1.807) is 0 Å². The number of hydrogen-bond donors (Lipinski definition) is 2. The van der Waals surface area contributed by atoms with Gasteiger partial charge in [0, 0.05) is 4.47 Å². The molecule has 3 N–H and O–H groups in total. The number of aromatic nitrogens is 2. The van der Waals surface area contributed by atoms with Crippen LogP contribution in [-0.2, 0) is 12.7 Å². The molecule has 0 aliphatic rings. The lowest BCUT2D eigenvalue weighted by Crippen LogP contribution is -2.09. The van der Waals surface area contributed by atoms with E-state index in [0.717, 1.165) is 6.07 Å². The quantitative estimate of drug-likeness (QED) is 0.900. The van der Waals surface area contributed by atoms with Gasteiger partial charge < -0.3 is 15.5 Å². The predicted molar refractivity (Wildman–Crippen MR) is 64.6 cm³/mol. The minimum Gasteiger partial charge on any atom is -0.406 e. The molecule has 0 radical (unpaired) electrons. The van der Waals surface area contributed by atoms with Crippen LogP contribution >= 0.6 is 15.9 Å². The lowest BCUT2D eigenvalue weighted by atomic mass is 10.1. The molecule has 0 atom stereocenters. The van der Waals surface area contributed by atoms with Gasteiger partial charge in [0.15, 0.2) is 0 Å². The maximum absolute atomic E-state index is 12.9. The topological polar surface area (TPSA) is 77.0 Å². The SMILES string of the molecule is NCc1nnc(Nc2ccc(Br)cc2C(F)(F)F)o1. The van der Waals surface area contributed by atoms with Crippen LogP contribution < -0.4 is 11.1 Å². The molecule has 1 aromatic carbocycles. The van der Waals surface area contributed by atoms with Crippen LogP contribution in [0.25, 0.3) is 0 Å². The molecular formula is C10H8BrF3N4O. The second-order valence-electron chi connectivity index (χ2n) is 3.52. The van der Waals surface area contributed by atoms with Gasteiger partial charge in [0.25, 0.3) is 0 Å². The second kappa shape index (κ2) is 5.17. The van der Waals surface area contributed by atoms with Crippen molar-refractivity contribution in [3.63, 3.8) is 0 Å². The monoisotopic (exact) mass is 336 g/mol. The molecule has 19 heavy (non-hydrogen) atoms. The van der Waals surface area contributed by atoms with Crippen molar-refractivity contribution in [2.24, 2.45) is 5.73 Å². The molecule has 0 saturated heterocycles. The second-order valence-corrected chi connectivity index (χ2v) is 4.43. The first-order valence-corrected chi connectivity index (χ1v) is 5.85. The maximum Gasteiger partial charge on any atom is 0.418 e. The van der Waals surface area contributed by atoms with E-state index in [1.807, 2.05) is 0 Å².